The first-order valence-corrected chi connectivity index (χ1v) is 8.27. The summed E-state index contributed by atoms with van der Waals surface area (Å²) in [6.07, 6.45) is 1.35. The molecule has 8 heteroatoms. The first kappa shape index (κ1) is 18.1. The molecule has 0 bridgehead atoms. The van der Waals surface area contributed by atoms with Crippen LogP contribution in [0.2, 0.25) is 10.0 Å². The lowest BCUT2D eigenvalue weighted by Crippen LogP contribution is -2.21. The summed E-state index contributed by atoms with van der Waals surface area (Å²) < 4.78 is 10.3. The predicted octanol–water partition coefficient (Wildman–Crippen LogP) is 4.17. The monoisotopic (exact) mass is 393 g/mol. The number of rotatable bonds is 5. The van der Waals surface area contributed by atoms with E-state index in [1.165, 1.54) is 36.6 Å². The Morgan fingerprint density at radius 1 is 1.12 bits per heavy atom. The van der Waals surface area contributed by atoms with Crippen LogP contribution in [0, 0.1) is 0 Å². The number of hydrogen-bond donors (Lipinski definition) is 2. The van der Waals surface area contributed by atoms with Gasteiger partial charge in [-0.3, -0.25) is 9.59 Å². The molecular weight excluding hydrogens is 381 g/mol. The molecule has 0 aliphatic heterocycles. The van der Waals surface area contributed by atoms with Gasteiger partial charge >= 0.3 is 5.97 Å². The van der Waals surface area contributed by atoms with E-state index in [2.05, 4.69) is 5.32 Å². The van der Waals surface area contributed by atoms with Gasteiger partial charge in [0.25, 0.3) is 5.91 Å². The highest BCUT2D eigenvalue weighted by Gasteiger charge is 2.14. The van der Waals surface area contributed by atoms with Gasteiger partial charge < -0.3 is 19.6 Å². The molecule has 2 aromatic carbocycles. The number of furan rings is 1. The standard InChI is InChI=1S/C18H13Cl2NO5/c19-11-4-12(20)6-13(5-11)21-17(23)9-26-18(24)3-10-8-25-16-7-14(22)1-2-15(10)16/h1-2,4-8,22H,3,9H2,(H,21,23). The fourth-order valence-corrected chi connectivity index (χ4v) is 2.91. The van der Waals surface area contributed by atoms with Crippen molar-refractivity contribution in [3.8, 4) is 5.75 Å². The number of esters is 1. The Balaban J connectivity index is 1.55. The van der Waals surface area contributed by atoms with Crippen molar-refractivity contribution in [2.75, 3.05) is 11.9 Å². The number of nitrogens with one attached hydrogen (secondary N) is 1. The van der Waals surface area contributed by atoms with Gasteiger partial charge in [-0.2, -0.15) is 0 Å². The number of hydrogen-bond acceptors (Lipinski definition) is 5. The average molecular weight is 394 g/mol. The van der Waals surface area contributed by atoms with Gasteiger partial charge in [-0.05, 0) is 30.3 Å². The van der Waals surface area contributed by atoms with Crippen molar-refractivity contribution in [2.45, 2.75) is 6.42 Å². The molecule has 26 heavy (non-hydrogen) atoms. The number of carbonyl (C=O) groups is 2. The van der Waals surface area contributed by atoms with E-state index < -0.39 is 18.5 Å². The number of carbonyl (C=O) groups excluding carboxylic acids is 2. The molecule has 0 atom stereocenters. The Hall–Kier alpha value is -2.70. The van der Waals surface area contributed by atoms with Crippen LogP contribution in [-0.4, -0.2) is 23.6 Å². The van der Waals surface area contributed by atoms with Crippen LogP contribution in [0.4, 0.5) is 5.69 Å². The van der Waals surface area contributed by atoms with Gasteiger partial charge in [-0.25, -0.2) is 0 Å². The minimum absolute atomic E-state index is 0.0615. The number of phenols is 1. The Labute approximate surface area is 158 Å². The minimum atomic E-state index is -0.583. The molecule has 0 unspecified atom stereocenters. The van der Waals surface area contributed by atoms with Crippen molar-refractivity contribution in [1.29, 1.82) is 0 Å². The molecule has 0 aliphatic carbocycles. The van der Waals surface area contributed by atoms with Crippen molar-refractivity contribution in [3.63, 3.8) is 0 Å². The van der Waals surface area contributed by atoms with E-state index in [0.29, 0.717) is 32.3 Å². The summed E-state index contributed by atoms with van der Waals surface area (Å²) in [7, 11) is 0. The van der Waals surface area contributed by atoms with E-state index in [9.17, 15) is 14.7 Å². The molecule has 3 aromatic rings. The highest BCUT2D eigenvalue weighted by Crippen LogP contribution is 2.25. The second-order valence-corrected chi connectivity index (χ2v) is 6.36. The zero-order valence-corrected chi connectivity index (χ0v) is 14.8. The second kappa shape index (κ2) is 7.68. The van der Waals surface area contributed by atoms with Crippen LogP contribution in [0.5, 0.6) is 5.75 Å². The molecule has 1 aromatic heterocycles. The van der Waals surface area contributed by atoms with E-state index in [4.69, 9.17) is 32.4 Å². The van der Waals surface area contributed by atoms with Crippen LogP contribution in [0.3, 0.4) is 0 Å². The average Bonchev–Trinajstić information content (AvgIpc) is 2.94. The van der Waals surface area contributed by atoms with E-state index in [1.54, 1.807) is 6.07 Å². The van der Waals surface area contributed by atoms with Crippen molar-refractivity contribution >= 4 is 51.7 Å². The quantitative estimate of drug-likeness (QED) is 0.634. The van der Waals surface area contributed by atoms with Crippen molar-refractivity contribution in [2.24, 2.45) is 0 Å². The summed E-state index contributed by atoms with van der Waals surface area (Å²) in [5.74, 6) is -1.03. The molecular formula is C18H13Cl2NO5. The van der Waals surface area contributed by atoms with Crippen LogP contribution in [-0.2, 0) is 20.7 Å². The first-order valence-electron chi connectivity index (χ1n) is 7.51. The second-order valence-electron chi connectivity index (χ2n) is 5.49. The van der Waals surface area contributed by atoms with Crippen LogP contribution in [0.15, 0.2) is 47.1 Å². The van der Waals surface area contributed by atoms with Gasteiger partial charge in [0, 0.05) is 32.7 Å². The summed E-state index contributed by atoms with van der Waals surface area (Å²) >= 11 is 11.7. The summed E-state index contributed by atoms with van der Waals surface area (Å²) in [5, 5.41) is 13.4. The highest BCUT2D eigenvalue weighted by atomic mass is 35.5. The molecule has 134 valence electrons. The summed E-state index contributed by atoms with van der Waals surface area (Å²) in [6.45, 7) is -0.445. The van der Waals surface area contributed by atoms with Crippen LogP contribution < -0.4 is 5.32 Å². The largest absolute Gasteiger partial charge is 0.508 e. The summed E-state index contributed by atoms with van der Waals surface area (Å²) in [5.41, 5.74) is 1.47. The summed E-state index contributed by atoms with van der Waals surface area (Å²) in [4.78, 5) is 23.8. The first-order chi connectivity index (χ1) is 12.4. The molecule has 2 N–H and O–H groups in total. The number of ether oxygens (including phenoxy) is 1. The van der Waals surface area contributed by atoms with Gasteiger partial charge in [0.1, 0.15) is 11.3 Å². The number of phenolic OH excluding ortho intramolecular Hbond substituents is 1. The van der Waals surface area contributed by atoms with Gasteiger partial charge in [-0.15, -0.1) is 0 Å². The molecule has 0 saturated heterocycles. The van der Waals surface area contributed by atoms with Crippen LogP contribution in [0.1, 0.15) is 5.56 Å². The van der Waals surface area contributed by atoms with Gasteiger partial charge in [0.15, 0.2) is 6.61 Å². The molecule has 1 amide bonds. The predicted molar refractivity (Wildman–Crippen MR) is 97.6 cm³/mol. The molecule has 0 fully saturated rings. The molecule has 0 radical (unpaired) electrons. The lowest BCUT2D eigenvalue weighted by atomic mass is 10.1. The topological polar surface area (TPSA) is 88.8 Å². The Kier molecular flexibility index (Phi) is 5.35. The fraction of sp³-hybridized carbons (Fsp3) is 0.111. The van der Waals surface area contributed by atoms with E-state index in [-0.39, 0.29) is 12.2 Å². The lowest BCUT2D eigenvalue weighted by Gasteiger charge is -2.07. The molecule has 0 aliphatic rings. The van der Waals surface area contributed by atoms with Crippen LogP contribution in [0.25, 0.3) is 11.0 Å². The van der Waals surface area contributed by atoms with Crippen molar-refractivity contribution < 1.29 is 23.8 Å². The normalized spacial score (nSPS) is 10.7. The van der Waals surface area contributed by atoms with E-state index >= 15 is 0 Å². The Bertz CT molecular complexity index is 963. The third kappa shape index (κ3) is 4.47. The maximum atomic E-state index is 12.0. The third-order valence-electron chi connectivity index (χ3n) is 3.48. The fourth-order valence-electron chi connectivity index (χ4n) is 2.38. The zero-order chi connectivity index (χ0) is 18.7. The number of benzene rings is 2. The van der Waals surface area contributed by atoms with E-state index in [0.717, 1.165) is 0 Å². The Morgan fingerprint density at radius 3 is 2.58 bits per heavy atom. The van der Waals surface area contributed by atoms with E-state index in [1.807, 2.05) is 0 Å². The zero-order valence-electron chi connectivity index (χ0n) is 13.3. The van der Waals surface area contributed by atoms with Gasteiger partial charge in [0.2, 0.25) is 0 Å². The SMILES string of the molecule is O=C(COC(=O)Cc1coc2cc(O)ccc12)Nc1cc(Cl)cc(Cl)c1. The third-order valence-corrected chi connectivity index (χ3v) is 3.92. The smallest absolute Gasteiger partial charge is 0.310 e. The van der Waals surface area contributed by atoms with Crippen molar-refractivity contribution in [1.82, 2.24) is 0 Å². The molecule has 6 nitrogen and oxygen atoms in total. The maximum Gasteiger partial charge on any atom is 0.310 e. The molecule has 0 saturated carbocycles. The Morgan fingerprint density at radius 2 is 1.85 bits per heavy atom. The number of fused-ring (bicyclic) bond motifs is 1. The summed E-state index contributed by atoms with van der Waals surface area (Å²) in [6, 6.07) is 9.19. The van der Waals surface area contributed by atoms with Crippen molar-refractivity contribution in [3.05, 3.63) is 58.3 Å². The molecule has 1 heterocycles. The maximum absolute atomic E-state index is 12.0. The lowest BCUT2D eigenvalue weighted by molar-refractivity contribution is -0.146. The molecule has 0 spiro atoms. The number of aromatic hydroxyl groups is 1. The molecule has 3 rings (SSSR count). The number of amides is 1. The van der Waals surface area contributed by atoms with Gasteiger partial charge in [-0.1, -0.05) is 23.2 Å². The highest BCUT2D eigenvalue weighted by molar-refractivity contribution is 6.35. The van der Waals surface area contributed by atoms with Gasteiger partial charge in [0.05, 0.1) is 12.7 Å². The van der Waals surface area contributed by atoms with Crippen LogP contribution >= 0.6 is 23.2 Å². The minimum Gasteiger partial charge on any atom is -0.508 e. The number of anilines is 1. The number of halogens is 2.